The Morgan fingerprint density at radius 1 is 1.37 bits per heavy atom. The number of thioether (sulfide) groups is 1. The number of fused-ring (bicyclic) bond motifs is 1. The summed E-state index contributed by atoms with van der Waals surface area (Å²) in [5.74, 6) is -0.151. The number of carbonyl (C=O) groups is 1. The molecule has 146 valence electrons. The minimum atomic E-state index is -3.09. The highest BCUT2D eigenvalue weighted by atomic mass is 32.2. The van der Waals surface area contributed by atoms with E-state index in [0.29, 0.717) is 22.5 Å². The minimum Gasteiger partial charge on any atom is -0.349 e. The van der Waals surface area contributed by atoms with E-state index in [0.717, 1.165) is 0 Å². The summed E-state index contributed by atoms with van der Waals surface area (Å²) in [4.78, 5) is 29.7. The van der Waals surface area contributed by atoms with Gasteiger partial charge in [-0.3, -0.25) is 14.2 Å². The molecule has 2 heterocycles. The van der Waals surface area contributed by atoms with Gasteiger partial charge < -0.3 is 5.32 Å². The first-order valence-electron chi connectivity index (χ1n) is 8.76. The van der Waals surface area contributed by atoms with Gasteiger partial charge in [-0.2, -0.15) is 0 Å². The molecule has 9 heteroatoms. The van der Waals surface area contributed by atoms with Gasteiger partial charge in [-0.15, -0.1) is 0 Å². The molecule has 27 heavy (non-hydrogen) atoms. The Bertz CT molecular complexity index is 1050. The van der Waals surface area contributed by atoms with Gasteiger partial charge >= 0.3 is 0 Å². The summed E-state index contributed by atoms with van der Waals surface area (Å²) in [6.07, 6.45) is 0.413. The summed E-state index contributed by atoms with van der Waals surface area (Å²) in [5, 5.41) is 3.85. The van der Waals surface area contributed by atoms with E-state index in [2.05, 4.69) is 10.3 Å². The van der Waals surface area contributed by atoms with Crippen molar-refractivity contribution in [3.63, 3.8) is 0 Å². The summed E-state index contributed by atoms with van der Waals surface area (Å²) < 4.78 is 25.0. The number of benzene rings is 1. The van der Waals surface area contributed by atoms with Crippen LogP contribution >= 0.6 is 11.8 Å². The van der Waals surface area contributed by atoms with Crippen LogP contribution < -0.4 is 10.9 Å². The minimum absolute atomic E-state index is 0.0403. The fourth-order valence-electron chi connectivity index (χ4n) is 3.29. The Kier molecular flexibility index (Phi) is 5.36. The van der Waals surface area contributed by atoms with Crippen LogP contribution in [0.25, 0.3) is 10.9 Å². The molecule has 1 aliphatic heterocycles. The molecule has 1 aromatic heterocycles. The fraction of sp³-hybridized carbons (Fsp3) is 0.500. The first kappa shape index (κ1) is 19.9. The molecule has 0 spiro atoms. The number of carbonyl (C=O) groups excluding carboxylic acids is 1. The molecule has 1 fully saturated rings. The van der Waals surface area contributed by atoms with E-state index in [1.165, 1.54) is 11.8 Å². The molecule has 1 saturated heterocycles. The van der Waals surface area contributed by atoms with Crippen LogP contribution in [0.15, 0.2) is 34.2 Å². The second-order valence-electron chi connectivity index (χ2n) is 7.42. The molecule has 0 saturated carbocycles. The highest BCUT2D eigenvalue weighted by molar-refractivity contribution is 7.99. The average Bonchev–Trinajstić information content (AvgIpc) is 2.85. The summed E-state index contributed by atoms with van der Waals surface area (Å²) in [7, 11) is -3.09. The largest absolute Gasteiger partial charge is 0.349 e. The van der Waals surface area contributed by atoms with Gasteiger partial charge in [0.15, 0.2) is 15.0 Å². The number of aromatic nitrogens is 2. The van der Waals surface area contributed by atoms with Crippen molar-refractivity contribution in [1.82, 2.24) is 14.9 Å². The molecular weight excluding hydrogens is 386 g/mol. The molecule has 0 bridgehead atoms. The van der Waals surface area contributed by atoms with Crippen LogP contribution in [-0.2, 0) is 14.6 Å². The zero-order chi connectivity index (χ0) is 19.8. The quantitative estimate of drug-likeness (QED) is 0.597. The highest BCUT2D eigenvalue weighted by Crippen LogP contribution is 2.24. The third kappa shape index (κ3) is 4.35. The maximum atomic E-state index is 12.8. The van der Waals surface area contributed by atoms with Crippen molar-refractivity contribution < 1.29 is 13.2 Å². The normalized spacial score (nSPS) is 21.6. The van der Waals surface area contributed by atoms with Crippen molar-refractivity contribution in [2.24, 2.45) is 0 Å². The maximum absolute atomic E-state index is 12.8. The predicted octanol–water partition coefficient (Wildman–Crippen LogP) is 1.76. The lowest BCUT2D eigenvalue weighted by Gasteiger charge is -2.24. The van der Waals surface area contributed by atoms with Gasteiger partial charge in [0.2, 0.25) is 5.91 Å². The number of nitrogens with one attached hydrogen (secondary N) is 1. The molecule has 3 rings (SSSR count). The van der Waals surface area contributed by atoms with E-state index >= 15 is 0 Å². The van der Waals surface area contributed by atoms with E-state index in [9.17, 15) is 18.0 Å². The first-order valence-corrected chi connectivity index (χ1v) is 11.6. The molecular formula is C18H23N3O4S2. The Labute approximate surface area is 162 Å². The Hall–Kier alpha value is -1.87. The van der Waals surface area contributed by atoms with Gasteiger partial charge in [0, 0.05) is 6.04 Å². The highest BCUT2D eigenvalue weighted by Gasteiger charge is 2.39. The molecule has 1 aromatic carbocycles. The lowest BCUT2D eigenvalue weighted by atomic mass is 10.0. The smallest absolute Gasteiger partial charge is 0.262 e. The van der Waals surface area contributed by atoms with Gasteiger partial charge in [0.1, 0.15) is 0 Å². The lowest BCUT2D eigenvalue weighted by molar-refractivity contribution is -0.120. The van der Waals surface area contributed by atoms with E-state index in [-0.39, 0.29) is 34.8 Å². The van der Waals surface area contributed by atoms with E-state index < -0.39 is 15.4 Å². The van der Waals surface area contributed by atoms with Crippen LogP contribution in [0.3, 0.4) is 0 Å². The molecule has 1 aliphatic rings. The van der Waals surface area contributed by atoms with E-state index in [4.69, 9.17) is 0 Å². The number of rotatable bonds is 5. The van der Waals surface area contributed by atoms with Crippen LogP contribution in [-0.4, -0.2) is 46.7 Å². The Morgan fingerprint density at radius 2 is 2.07 bits per heavy atom. The SMILES string of the molecule is CC(C)n1c(SCC(=O)N[C@]2(C)CCS(=O)(=O)C2)nc2ccccc2c1=O. The molecule has 0 radical (unpaired) electrons. The van der Waals surface area contributed by atoms with E-state index in [1.807, 2.05) is 19.9 Å². The number of nitrogens with zero attached hydrogens (tertiary/aromatic N) is 2. The van der Waals surface area contributed by atoms with Crippen molar-refractivity contribution in [3.05, 3.63) is 34.6 Å². The summed E-state index contributed by atoms with van der Waals surface area (Å²) >= 11 is 1.18. The number of para-hydroxylation sites is 1. The Morgan fingerprint density at radius 3 is 2.70 bits per heavy atom. The molecule has 0 unspecified atom stereocenters. The zero-order valence-corrected chi connectivity index (χ0v) is 17.2. The van der Waals surface area contributed by atoms with Crippen LogP contribution in [0.2, 0.25) is 0 Å². The van der Waals surface area contributed by atoms with Gasteiger partial charge in [-0.05, 0) is 39.3 Å². The van der Waals surface area contributed by atoms with Crippen LogP contribution in [0, 0.1) is 0 Å². The third-order valence-corrected chi connectivity index (χ3v) is 7.42. The molecule has 1 N–H and O–H groups in total. The summed E-state index contributed by atoms with van der Waals surface area (Å²) in [6.45, 7) is 5.54. The summed E-state index contributed by atoms with van der Waals surface area (Å²) in [6, 6.07) is 7.03. The van der Waals surface area contributed by atoms with Crippen LogP contribution in [0.5, 0.6) is 0 Å². The fourth-order valence-corrected chi connectivity index (χ4v) is 6.32. The first-order chi connectivity index (χ1) is 12.6. The van der Waals surface area contributed by atoms with Crippen LogP contribution in [0.1, 0.15) is 33.2 Å². The second kappa shape index (κ2) is 7.27. The third-order valence-electron chi connectivity index (χ3n) is 4.57. The monoisotopic (exact) mass is 409 g/mol. The van der Waals surface area contributed by atoms with Crippen molar-refractivity contribution in [3.8, 4) is 0 Å². The van der Waals surface area contributed by atoms with Crippen LogP contribution in [0.4, 0.5) is 0 Å². The molecule has 2 aromatic rings. The number of hydrogen-bond donors (Lipinski definition) is 1. The van der Waals surface area contributed by atoms with E-state index in [1.54, 1.807) is 29.7 Å². The van der Waals surface area contributed by atoms with Crippen molar-refractivity contribution in [2.75, 3.05) is 17.3 Å². The molecule has 0 aliphatic carbocycles. The van der Waals surface area contributed by atoms with Gasteiger partial charge in [0.25, 0.3) is 5.56 Å². The zero-order valence-electron chi connectivity index (χ0n) is 15.6. The van der Waals surface area contributed by atoms with Crippen molar-refractivity contribution in [1.29, 1.82) is 0 Å². The average molecular weight is 410 g/mol. The number of sulfone groups is 1. The van der Waals surface area contributed by atoms with Crippen molar-refractivity contribution in [2.45, 2.75) is 43.9 Å². The Balaban J connectivity index is 1.79. The molecule has 1 amide bonds. The molecule has 7 nitrogen and oxygen atoms in total. The number of hydrogen-bond acceptors (Lipinski definition) is 6. The summed E-state index contributed by atoms with van der Waals surface area (Å²) in [5.41, 5.74) is -0.270. The topological polar surface area (TPSA) is 98.1 Å². The van der Waals surface area contributed by atoms with Gasteiger partial charge in [-0.1, -0.05) is 23.9 Å². The maximum Gasteiger partial charge on any atom is 0.262 e. The van der Waals surface area contributed by atoms with Gasteiger partial charge in [0.05, 0.1) is 33.7 Å². The second-order valence-corrected chi connectivity index (χ2v) is 10.5. The van der Waals surface area contributed by atoms with Crippen molar-refractivity contribution >= 4 is 38.4 Å². The van der Waals surface area contributed by atoms with Gasteiger partial charge in [-0.25, -0.2) is 13.4 Å². The molecule has 1 atom stereocenters. The lowest BCUT2D eigenvalue weighted by Crippen LogP contribution is -2.47. The predicted molar refractivity (Wildman–Crippen MR) is 107 cm³/mol. The number of amides is 1. The standard InChI is InChI=1S/C18H23N3O4S2/c1-12(2)21-16(23)13-6-4-5-7-14(13)19-17(21)26-10-15(22)20-18(3)8-9-27(24,25)11-18/h4-7,12H,8-11H2,1-3H3,(H,20,22)/t18-/m1/s1.